The van der Waals surface area contributed by atoms with Gasteiger partial charge < -0.3 is 9.84 Å². The molecule has 0 bridgehead atoms. The first kappa shape index (κ1) is 18.4. The summed E-state index contributed by atoms with van der Waals surface area (Å²) < 4.78 is 5.60. The van der Waals surface area contributed by atoms with E-state index in [-0.39, 0.29) is 11.5 Å². The van der Waals surface area contributed by atoms with Crippen molar-refractivity contribution in [1.82, 2.24) is 4.90 Å². The van der Waals surface area contributed by atoms with E-state index in [0.29, 0.717) is 12.2 Å². The van der Waals surface area contributed by atoms with Gasteiger partial charge in [0, 0.05) is 18.0 Å². The quantitative estimate of drug-likeness (QED) is 0.802. The summed E-state index contributed by atoms with van der Waals surface area (Å²) in [6.07, 6.45) is 6.25. The molecule has 1 saturated heterocycles. The minimum absolute atomic E-state index is 0.0503. The number of carbonyl (C=O) groups is 1. The molecule has 1 saturated carbocycles. The molecule has 2 aliphatic rings. The molecule has 138 valence electrons. The van der Waals surface area contributed by atoms with Gasteiger partial charge in [-0.1, -0.05) is 43.2 Å². The summed E-state index contributed by atoms with van der Waals surface area (Å²) in [6, 6.07) is 9.32. The summed E-state index contributed by atoms with van der Waals surface area (Å²) in [7, 11) is 0. The van der Waals surface area contributed by atoms with Gasteiger partial charge in [0.15, 0.2) is 5.60 Å². The molecule has 1 atom stereocenters. The highest BCUT2D eigenvalue weighted by Crippen LogP contribution is 2.41. The van der Waals surface area contributed by atoms with Crippen molar-refractivity contribution >= 4 is 5.97 Å². The number of rotatable bonds is 6. The molecule has 1 aliphatic carbocycles. The summed E-state index contributed by atoms with van der Waals surface area (Å²) >= 11 is 0. The molecule has 1 aromatic rings. The average Bonchev–Trinajstić information content (AvgIpc) is 3.25. The zero-order valence-electron chi connectivity index (χ0n) is 15.5. The number of nitrogens with zero attached hydrogens (tertiary/aromatic N) is 1. The second-order valence-electron chi connectivity index (χ2n) is 8.15. The number of esters is 1. The normalized spacial score (nSPS) is 23.5. The van der Waals surface area contributed by atoms with Crippen molar-refractivity contribution in [3.05, 3.63) is 35.9 Å². The number of ether oxygens (including phenoxy) is 1. The zero-order valence-corrected chi connectivity index (χ0v) is 15.5. The van der Waals surface area contributed by atoms with E-state index < -0.39 is 11.6 Å². The molecule has 1 N–H and O–H groups in total. The van der Waals surface area contributed by atoms with E-state index in [2.05, 4.69) is 18.7 Å². The van der Waals surface area contributed by atoms with Crippen LogP contribution < -0.4 is 0 Å². The third-order valence-corrected chi connectivity index (χ3v) is 6.14. The lowest BCUT2D eigenvalue weighted by atomic mass is 9.80. The Morgan fingerprint density at radius 3 is 2.52 bits per heavy atom. The Morgan fingerprint density at radius 2 is 1.92 bits per heavy atom. The van der Waals surface area contributed by atoms with Crippen molar-refractivity contribution in [2.45, 2.75) is 63.5 Å². The molecule has 0 aromatic heterocycles. The molecule has 3 rings (SSSR count). The number of benzene rings is 1. The van der Waals surface area contributed by atoms with Gasteiger partial charge in [-0.05, 0) is 51.6 Å². The van der Waals surface area contributed by atoms with Crippen LogP contribution in [-0.2, 0) is 15.1 Å². The molecule has 0 radical (unpaired) electrons. The van der Waals surface area contributed by atoms with Gasteiger partial charge in [0.2, 0.25) is 0 Å². The highest BCUT2D eigenvalue weighted by molar-refractivity contribution is 5.81. The monoisotopic (exact) mass is 345 g/mol. The topological polar surface area (TPSA) is 49.8 Å². The zero-order chi connectivity index (χ0) is 17.9. The van der Waals surface area contributed by atoms with Crippen LogP contribution in [0.1, 0.15) is 57.9 Å². The second-order valence-corrected chi connectivity index (χ2v) is 8.15. The Balaban J connectivity index is 1.67. The van der Waals surface area contributed by atoms with Gasteiger partial charge in [0.1, 0.15) is 6.61 Å². The van der Waals surface area contributed by atoms with Crippen LogP contribution in [0.15, 0.2) is 30.3 Å². The number of carbonyl (C=O) groups excluding carboxylic acids is 1. The van der Waals surface area contributed by atoms with E-state index >= 15 is 0 Å². The minimum Gasteiger partial charge on any atom is -0.462 e. The summed E-state index contributed by atoms with van der Waals surface area (Å²) in [5.74, 6) is -0.534. The van der Waals surface area contributed by atoms with Crippen molar-refractivity contribution < 1.29 is 14.6 Å². The number of hydrogen-bond donors (Lipinski definition) is 1. The van der Waals surface area contributed by atoms with Crippen molar-refractivity contribution in [2.24, 2.45) is 5.92 Å². The fourth-order valence-electron chi connectivity index (χ4n) is 4.49. The first-order valence-electron chi connectivity index (χ1n) is 9.65. The maximum Gasteiger partial charge on any atom is 0.343 e. The molecular weight excluding hydrogens is 314 g/mol. The van der Waals surface area contributed by atoms with Gasteiger partial charge in [0.05, 0.1) is 0 Å². The molecule has 4 heteroatoms. The molecule has 0 unspecified atom stereocenters. The summed E-state index contributed by atoms with van der Waals surface area (Å²) in [6.45, 7) is 6.59. The van der Waals surface area contributed by atoms with Crippen LogP contribution in [0.3, 0.4) is 0 Å². The Hall–Kier alpha value is -1.39. The molecule has 1 heterocycles. The summed E-state index contributed by atoms with van der Waals surface area (Å²) in [4.78, 5) is 15.3. The third-order valence-electron chi connectivity index (χ3n) is 6.14. The van der Waals surface area contributed by atoms with Crippen LogP contribution in [0.4, 0.5) is 0 Å². The molecule has 4 nitrogen and oxygen atoms in total. The SMILES string of the molecule is CC1(C)CCCN1CCOC(=O)[C@@](O)(c1ccccc1)C1CCCC1. The first-order valence-corrected chi connectivity index (χ1v) is 9.65. The van der Waals surface area contributed by atoms with Crippen LogP contribution >= 0.6 is 0 Å². The maximum atomic E-state index is 12.9. The number of aliphatic hydroxyl groups is 1. The van der Waals surface area contributed by atoms with E-state index in [0.717, 1.165) is 38.8 Å². The summed E-state index contributed by atoms with van der Waals surface area (Å²) in [5.41, 5.74) is -0.681. The van der Waals surface area contributed by atoms with E-state index in [1.807, 2.05) is 30.3 Å². The number of likely N-dealkylation sites (tertiary alicyclic amines) is 1. The van der Waals surface area contributed by atoms with E-state index in [1.165, 1.54) is 12.8 Å². The van der Waals surface area contributed by atoms with E-state index in [4.69, 9.17) is 4.74 Å². The van der Waals surface area contributed by atoms with E-state index in [1.54, 1.807) is 0 Å². The Bertz CT molecular complexity index is 580. The van der Waals surface area contributed by atoms with Crippen molar-refractivity contribution in [2.75, 3.05) is 19.7 Å². The fraction of sp³-hybridized carbons (Fsp3) is 0.667. The van der Waals surface area contributed by atoms with Crippen LogP contribution in [0.5, 0.6) is 0 Å². The third kappa shape index (κ3) is 3.75. The first-order chi connectivity index (χ1) is 11.9. The molecule has 1 aliphatic heterocycles. The van der Waals surface area contributed by atoms with Gasteiger partial charge in [0.25, 0.3) is 0 Å². The van der Waals surface area contributed by atoms with Gasteiger partial charge in [-0.2, -0.15) is 0 Å². The standard InChI is InChI=1S/C21H31NO3/c1-20(2)13-8-14-22(20)15-16-25-19(23)21(24,18-11-6-7-12-18)17-9-4-3-5-10-17/h3-5,9-10,18,24H,6-8,11-16H2,1-2H3/t21-/m1/s1. The molecular formula is C21H31NO3. The lowest BCUT2D eigenvalue weighted by Crippen LogP contribution is -2.45. The minimum atomic E-state index is -1.52. The van der Waals surface area contributed by atoms with Gasteiger partial charge in [-0.25, -0.2) is 4.79 Å². The largest absolute Gasteiger partial charge is 0.462 e. The molecule has 2 fully saturated rings. The predicted octanol–water partition coefficient (Wildman–Crippen LogP) is 3.48. The predicted molar refractivity (Wildman–Crippen MR) is 98.1 cm³/mol. The molecule has 25 heavy (non-hydrogen) atoms. The Morgan fingerprint density at radius 1 is 1.24 bits per heavy atom. The molecule has 0 amide bonds. The van der Waals surface area contributed by atoms with Crippen LogP contribution in [-0.4, -0.2) is 41.2 Å². The van der Waals surface area contributed by atoms with Gasteiger partial charge in [-0.3, -0.25) is 4.90 Å². The van der Waals surface area contributed by atoms with Crippen molar-refractivity contribution in [3.63, 3.8) is 0 Å². The Kier molecular flexibility index (Phi) is 5.49. The van der Waals surface area contributed by atoms with Crippen LogP contribution in [0.2, 0.25) is 0 Å². The van der Waals surface area contributed by atoms with E-state index in [9.17, 15) is 9.90 Å². The highest BCUT2D eigenvalue weighted by Gasteiger charge is 2.47. The lowest BCUT2D eigenvalue weighted by molar-refractivity contribution is -0.174. The maximum absolute atomic E-state index is 12.9. The summed E-state index contributed by atoms with van der Waals surface area (Å²) in [5, 5.41) is 11.4. The van der Waals surface area contributed by atoms with Crippen molar-refractivity contribution in [3.8, 4) is 0 Å². The van der Waals surface area contributed by atoms with Gasteiger partial charge in [-0.15, -0.1) is 0 Å². The van der Waals surface area contributed by atoms with Crippen LogP contribution in [0, 0.1) is 5.92 Å². The van der Waals surface area contributed by atoms with Crippen molar-refractivity contribution in [1.29, 1.82) is 0 Å². The average molecular weight is 345 g/mol. The number of hydrogen-bond acceptors (Lipinski definition) is 4. The molecule has 0 spiro atoms. The molecule has 1 aromatic carbocycles. The van der Waals surface area contributed by atoms with Gasteiger partial charge >= 0.3 is 5.97 Å². The highest BCUT2D eigenvalue weighted by atomic mass is 16.5. The van der Waals surface area contributed by atoms with Crippen LogP contribution in [0.25, 0.3) is 0 Å². The lowest BCUT2D eigenvalue weighted by Gasteiger charge is -2.34. The fourth-order valence-corrected chi connectivity index (χ4v) is 4.49. The smallest absolute Gasteiger partial charge is 0.343 e. The Labute approximate surface area is 151 Å². The second kappa shape index (κ2) is 7.46.